The first-order valence-electron chi connectivity index (χ1n) is 7.25. The topological polar surface area (TPSA) is 47.8 Å². The first-order valence-corrected chi connectivity index (χ1v) is 7.25. The molecule has 0 saturated heterocycles. The second-order valence-corrected chi connectivity index (χ2v) is 4.89. The van der Waals surface area contributed by atoms with Crippen molar-refractivity contribution >= 4 is 6.29 Å². The van der Waals surface area contributed by atoms with Crippen molar-refractivity contribution in [3.8, 4) is 5.69 Å². The summed E-state index contributed by atoms with van der Waals surface area (Å²) >= 11 is 0. The monoisotopic (exact) mass is 271 g/mol. The molecule has 0 fully saturated rings. The molecular weight excluding hydrogens is 250 g/mol. The van der Waals surface area contributed by atoms with Crippen LogP contribution in [0.5, 0.6) is 0 Å². The van der Waals surface area contributed by atoms with E-state index in [0.29, 0.717) is 11.6 Å². The van der Waals surface area contributed by atoms with Crippen LogP contribution in [0.25, 0.3) is 5.69 Å². The number of carbonyl (C=O) groups is 1. The van der Waals surface area contributed by atoms with Crippen molar-refractivity contribution in [3.05, 3.63) is 41.2 Å². The van der Waals surface area contributed by atoms with Gasteiger partial charge in [0.05, 0.1) is 11.4 Å². The summed E-state index contributed by atoms with van der Waals surface area (Å²) in [5.74, 6) is 0.301. The maximum Gasteiger partial charge on any atom is 0.172 e. The van der Waals surface area contributed by atoms with Crippen LogP contribution in [-0.2, 0) is 6.42 Å². The summed E-state index contributed by atoms with van der Waals surface area (Å²) in [7, 11) is 0. The van der Waals surface area contributed by atoms with Gasteiger partial charge in [-0.25, -0.2) is 4.68 Å². The standard InChI is InChI=1S/C16H21N3O/c1-4-12(5-2)16-14(11-20)17-18-19(16)15-10-8-7-9-13(15)6-3/h7-12H,4-6H2,1-3H3. The van der Waals surface area contributed by atoms with Crippen LogP contribution in [0.15, 0.2) is 24.3 Å². The summed E-state index contributed by atoms with van der Waals surface area (Å²) in [6.07, 6.45) is 3.68. The molecule has 106 valence electrons. The van der Waals surface area contributed by atoms with Crippen LogP contribution in [0.2, 0.25) is 0 Å². The van der Waals surface area contributed by atoms with Crippen LogP contribution in [-0.4, -0.2) is 21.3 Å². The molecule has 2 aromatic rings. The van der Waals surface area contributed by atoms with Crippen molar-refractivity contribution in [1.82, 2.24) is 15.0 Å². The molecule has 0 unspecified atom stereocenters. The fourth-order valence-electron chi connectivity index (χ4n) is 2.64. The van der Waals surface area contributed by atoms with Crippen LogP contribution in [0.3, 0.4) is 0 Å². The maximum absolute atomic E-state index is 11.2. The summed E-state index contributed by atoms with van der Waals surface area (Å²) in [6.45, 7) is 6.38. The minimum absolute atomic E-state index is 0.301. The summed E-state index contributed by atoms with van der Waals surface area (Å²) in [4.78, 5) is 11.2. The molecule has 4 heteroatoms. The first-order chi connectivity index (χ1) is 9.76. The highest BCUT2D eigenvalue weighted by Crippen LogP contribution is 2.28. The van der Waals surface area contributed by atoms with Gasteiger partial charge in [-0.1, -0.05) is 44.2 Å². The predicted octanol–water partition coefficient (Wildman–Crippen LogP) is 3.55. The van der Waals surface area contributed by atoms with E-state index in [4.69, 9.17) is 0 Å². The van der Waals surface area contributed by atoms with E-state index >= 15 is 0 Å². The van der Waals surface area contributed by atoms with Gasteiger partial charge in [0.25, 0.3) is 0 Å². The molecule has 0 bridgehead atoms. The Kier molecular flexibility index (Phi) is 4.66. The van der Waals surface area contributed by atoms with E-state index in [1.807, 2.05) is 22.9 Å². The number of hydrogen-bond acceptors (Lipinski definition) is 3. The Labute approximate surface area is 119 Å². The number of carbonyl (C=O) groups excluding carboxylic acids is 1. The van der Waals surface area contributed by atoms with E-state index in [2.05, 4.69) is 37.1 Å². The lowest BCUT2D eigenvalue weighted by Gasteiger charge is -2.16. The zero-order chi connectivity index (χ0) is 14.5. The summed E-state index contributed by atoms with van der Waals surface area (Å²) in [5, 5.41) is 8.27. The Morgan fingerprint density at radius 3 is 2.50 bits per heavy atom. The third kappa shape index (κ3) is 2.50. The second kappa shape index (κ2) is 6.46. The first kappa shape index (κ1) is 14.4. The second-order valence-electron chi connectivity index (χ2n) is 4.89. The van der Waals surface area contributed by atoms with Crippen molar-refractivity contribution in [2.24, 2.45) is 0 Å². The molecule has 0 radical (unpaired) electrons. The molecular formula is C16H21N3O. The van der Waals surface area contributed by atoms with E-state index < -0.39 is 0 Å². The Balaban J connectivity index is 2.62. The lowest BCUT2D eigenvalue weighted by Crippen LogP contribution is -2.10. The number of hydrogen-bond donors (Lipinski definition) is 0. The molecule has 0 amide bonds. The van der Waals surface area contributed by atoms with E-state index in [1.54, 1.807) is 0 Å². The average Bonchev–Trinajstić information content (AvgIpc) is 2.92. The van der Waals surface area contributed by atoms with Gasteiger partial charge in [0.1, 0.15) is 5.69 Å². The van der Waals surface area contributed by atoms with E-state index in [1.165, 1.54) is 5.56 Å². The van der Waals surface area contributed by atoms with Crippen molar-refractivity contribution in [3.63, 3.8) is 0 Å². The normalized spacial score (nSPS) is 11.0. The van der Waals surface area contributed by atoms with Gasteiger partial charge >= 0.3 is 0 Å². The number of nitrogens with zero attached hydrogens (tertiary/aromatic N) is 3. The van der Waals surface area contributed by atoms with Crippen LogP contribution in [0, 0.1) is 0 Å². The average molecular weight is 271 g/mol. The highest BCUT2D eigenvalue weighted by atomic mass is 16.1. The molecule has 0 spiro atoms. The third-order valence-electron chi connectivity index (χ3n) is 3.82. The van der Waals surface area contributed by atoms with Crippen LogP contribution < -0.4 is 0 Å². The molecule has 20 heavy (non-hydrogen) atoms. The molecule has 1 heterocycles. The number of benzene rings is 1. The van der Waals surface area contributed by atoms with E-state index in [0.717, 1.165) is 36.9 Å². The van der Waals surface area contributed by atoms with Gasteiger partial charge in [0, 0.05) is 5.92 Å². The Morgan fingerprint density at radius 1 is 1.20 bits per heavy atom. The molecule has 0 saturated carbocycles. The molecule has 1 aromatic carbocycles. The summed E-state index contributed by atoms with van der Waals surface area (Å²) in [5.41, 5.74) is 3.63. The Hall–Kier alpha value is -1.97. The highest BCUT2D eigenvalue weighted by Gasteiger charge is 2.21. The maximum atomic E-state index is 11.2. The van der Waals surface area contributed by atoms with Gasteiger partial charge in [-0.15, -0.1) is 5.10 Å². The quantitative estimate of drug-likeness (QED) is 0.755. The molecule has 0 aliphatic carbocycles. The molecule has 1 aromatic heterocycles. The van der Waals surface area contributed by atoms with Gasteiger partial charge in [-0.2, -0.15) is 0 Å². The van der Waals surface area contributed by atoms with Gasteiger partial charge < -0.3 is 0 Å². The summed E-state index contributed by atoms with van der Waals surface area (Å²) in [6, 6.07) is 8.15. The van der Waals surface area contributed by atoms with Gasteiger partial charge in [0.15, 0.2) is 6.29 Å². The minimum Gasteiger partial charge on any atom is -0.296 e. The van der Waals surface area contributed by atoms with Gasteiger partial charge in [-0.05, 0) is 30.9 Å². The third-order valence-corrected chi connectivity index (χ3v) is 3.82. The fourth-order valence-corrected chi connectivity index (χ4v) is 2.64. The van der Waals surface area contributed by atoms with E-state index in [9.17, 15) is 4.79 Å². The predicted molar refractivity (Wildman–Crippen MR) is 79.4 cm³/mol. The number of rotatable bonds is 6. The van der Waals surface area contributed by atoms with Crippen LogP contribution in [0.1, 0.15) is 61.3 Å². The molecule has 0 aliphatic rings. The number of aryl methyl sites for hydroxylation is 1. The number of aldehydes is 1. The molecule has 2 rings (SSSR count). The summed E-state index contributed by atoms with van der Waals surface area (Å²) < 4.78 is 1.85. The molecule has 0 aliphatic heterocycles. The van der Waals surface area contributed by atoms with Crippen molar-refractivity contribution < 1.29 is 4.79 Å². The van der Waals surface area contributed by atoms with Gasteiger partial charge in [-0.3, -0.25) is 4.79 Å². The Morgan fingerprint density at radius 2 is 1.90 bits per heavy atom. The zero-order valence-electron chi connectivity index (χ0n) is 12.3. The SMILES string of the molecule is CCc1ccccc1-n1nnc(C=O)c1C(CC)CC. The molecule has 4 nitrogen and oxygen atoms in total. The zero-order valence-corrected chi connectivity index (χ0v) is 12.3. The largest absolute Gasteiger partial charge is 0.296 e. The number of para-hydroxylation sites is 1. The van der Waals surface area contributed by atoms with Gasteiger partial charge in [0.2, 0.25) is 0 Å². The van der Waals surface area contributed by atoms with Crippen molar-refractivity contribution in [1.29, 1.82) is 0 Å². The van der Waals surface area contributed by atoms with Crippen LogP contribution >= 0.6 is 0 Å². The molecule has 0 N–H and O–H groups in total. The smallest absolute Gasteiger partial charge is 0.172 e. The van der Waals surface area contributed by atoms with Crippen molar-refractivity contribution in [2.75, 3.05) is 0 Å². The highest BCUT2D eigenvalue weighted by molar-refractivity contribution is 5.74. The van der Waals surface area contributed by atoms with E-state index in [-0.39, 0.29) is 0 Å². The van der Waals surface area contributed by atoms with Crippen LogP contribution in [0.4, 0.5) is 0 Å². The minimum atomic E-state index is 0.301. The van der Waals surface area contributed by atoms with Crippen molar-refractivity contribution in [2.45, 2.75) is 46.0 Å². The fraction of sp³-hybridized carbons (Fsp3) is 0.438. The lowest BCUT2D eigenvalue weighted by atomic mass is 9.97. The lowest BCUT2D eigenvalue weighted by molar-refractivity contribution is 0.111. The Bertz CT molecular complexity index is 585. The molecule has 0 atom stereocenters. The number of aromatic nitrogens is 3.